The van der Waals surface area contributed by atoms with Gasteiger partial charge < -0.3 is 9.15 Å². The summed E-state index contributed by atoms with van der Waals surface area (Å²) < 4.78 is 33.9. The Morgan fingerprint density at radius 1 is 1.00 bits per heavy atom. The van der Waals surface area contributed by atoms with Crippen LogP contribution in [0.4, 0.5) is 0 Å². The average molecular weight is 407 g/mol. The normalized spacial score (nSPS) is 11.5. The van der Waals surface area contributed by atoms with Crippen LogP contribution in [0.15, 0.2) is 77.2 Å². The lowest BCUT2D eigenvalue weighted by atomic mass is 10.1. The van der Waals surface area contributed by atoms with Crippen molar-refractivity contribution in [2.24, 2.45) is 0 Å². The number of fused-ring (bicyclic) bond motifs is 1. The summed E-state index contributed by atoms with van der Waals surface area (Å²) in [7, 11) is -3.13. The smallest absolute Gasteiger partial charge is 0.343 e. The van der Waals surface area contributed by atoms with Gasteiger partial charge in [0.15, 0.2) is 15.4 Å². The first kappa shape index (κ1) is 18.9. The molecule has 146 valence electrons. The summed E-state index contributed by atoms with van der Waals surface area (Å²) in [6.45, 7) is 0. The first-order valence-corrected chi connectivity index (χ1v) is 10.9. The summed E-state index contributed by atoms with van der Waals surface area (Å²) in [6, 6.07) is 20.8. The van der Waals surface area contributed by atoms with Crippen molar-refractivity contribution in [2.75, 3.05) is 6.26 Å². The van der Waals surface area contributed by atoms with Crippen molar-refractivity contribution >= 4 is 26.9 Å². The van der Waals surface area contributed by atoms with E-state index in [4.69, 9.17) is 9.15 Å². The average Bonchev–Trinajstić information content (AvgIpc) is 3.11. The maximum atomic E-state index is 12.4. The lowest BCUT2D eigenvalue weighted by Gasteiger charge is -2.05. The highest BCUT2D eigenvalue weighted by molar-refractivity contribution is 7.89. The third-order valence-electron chi connectivity index (χ3n) is 4.21. The van der Waals surface area contributed by atoms with E-state index in [-0.39, 0.29) is 5.75 Å². The van der Waals surface area contributed by atoms with Gasteiger partial charge in [-0.15, -0.1) is 0 Å². The molecule has 0 saturated heterocycles. The number of aromatic nitrogens is 1. The molecule has 1 aromatic heterocycles. The van der Waals surface area contributed by atoms with Crippen LogP contribution >= 0.6 is 0 Å². The zero-order chi connectivity index (χ0) is 20.4. The molecule has 3 aromatic carbocycles. The van der Waals surface area contributed by atoms with Gasteiger partial charge in [-0.2, -0.15) is 0 Å². The van der Waals surface area contributed by atoms with Gasteiger partial charge in [0.05, 0.1) is 11.3 Å². The van der Waals surface area contributed by atoms with E-state index in [1.807, 2.05) is 30.3 Å². The predicted octanol–water partition coefficient (Wildman–Crippen LogP) is 4.26. The second-order valence-electron chi connectivity index (χ2n) is 6.67. The summed E-state index contributed by atoms with van der Waals surface area (Å²) >= 11 is 0. The number of carbonyl (C=O) groups is 1. The number of nitrogens with zero attached hydrogens (tertiary/aromatic N) is 1. The van der Waals surface area contributed by atoms with E-state index in [1.165, 1.54) is 0 Å². The molecule has 6 nitrogen and oxygen atoms in total. The first-order chi connectivity index (χ1) is 13.9. The van der Waals surface area contributed by atoms with Crippen LogP contribution in [-0.2, 0) is 15.6 Å². The molecule has 0 saturated carbocycles. The lowest BCUT2D eigenvalue weighted by Crippen LogP contribution is -2.09. The predicted molar refractivity (Wildman–Crippen MR) is 109 cm³/mol. The van der Waals surface area contributed by atoms with Crippen molar-refractivity contribution in [3.8, 4) is 17.2 Å². The van der Waals surface area contributed by atoms with Crippen LogP contribution < -0.4 is 4.74 Å². The largest absolute Gasteiger partial charge is 0.436 e. The van der Waals surface area contributed by atoms with Gasteiger partial charge in [-0.05, 0) is 42.0 Å². The number of benzene rings is 3. The topological polar surface area (TPSA) is 86.5 Å². The van der Waals surface area contributed by atoms with Gasteiger partial charge in [-0.3, -0.25) is 0 Å². The molecular weight excluding hydrogens is 390 g/mol. The Hall–Kier alpha value is -3.45. The Bertz CT molecular complexity index is 1280. The maximum absolute atomic E-state index is 12.4. The highest BCUT2D eigenvalue weighted by atomic mass is 32.2. The van der Waals surface area contributed by atoms with Gasteiger partial charge in [0.2, 0.25) is 5.89 Å². The molecule has 7 heteroatoms. The summed E-state index contributed by atoms with van der Waals surface area (Å²) in [5.41, 5.74) is 2.97. The summed E-state index contributed by atoms with van der Waals surface area (Å²) in [5.74, 6) is 0.205. The Morgan fingerprint density at radius 2 is 1.72 bits per heavy atom. The van der Waals surface area contributed by atoms with Crippen LogP contribution in [0.25, 0.3) is 22.6 Å². The van der Waals surface area contributed by atoms with Crippen molar-refractivity contribution in [2.45, 2.75) is 5.75 Å². The van der Waals surface area contributed by atoms with Crippen molar-refractivity contribution in [3.05, 3.63) is 83.9 Å². The molecule has 0 bridgehead atoms. The van der Waals surface area contributed by atoms with Gasteiger partial charge in [0.25, 0.3) is 0 Å². The van der Waals surface area contributed by atoms with Crippen LogP contribution in [0.1, 0.15) is 15.9 Å². The second-order valence-corrected chi connectivity index (χ2v) is 8.81. The Kier molecular flexibility index (Phi) is 4.90. The molecule has 0 aliphatic rings. The Labute approximate surface area is 167 Å². The van der Waals surface area contributed by atoms with Gasteiger partial charge in [0, 0.05) is 17.9 Å². The molecule has 0 aliphatic heterocycles. The molecule has 0 fully saturated rings. The van der Waals surface area contributed by atoms with Crippen LogP contribution in [0.3, 0.4) is 0 Å². The third kappa shape index (κ3) is 4.52. The molecule has 0 radical (unpaired) electrons. The zero-order valence-electron chi connectivity index (χ0n) is 15.5. The standard InChI is InChI=1S/C22H17NO5S/c1-29(25,26)14-15-7-9-17(10-8-15)22(24)27-18-11-12-19-20(13-18)28-21(23-19)16-5-3-2-4-6-16/h2-13H,14H2,1H3. The van der Waals surface area contributed by atoms with E-state index in [0.29, 0.717) is 33.9 Å². The lowest BCUT2D eigenvalue weighted by molar-refractivity contribution is 0.0735. The molecule has 0 atom stereocenters. The fourth-order valence-electron chi connectivity index (χ4n) is 2.88. The highest BCUT2D eigenvalue weighted by Crippen LogP contribution is 2.27. The van der Waals surface area contributed by atoms with Crippen LogP contribution in [-0.4, -0.2) is 25.6 Å². The number of hydrogen-bond donors (Lipinski definition) is 0. The summed E-state index contributed by atoms with van der Waals surface area (Å²) in [4.78, 5) is 16.8. The highest BCUT2D eigenvalue weighted by Gasteiger charge is 2.13. The molecule has 4 aromatic rings. The van der Waals surface area contributed by atoms with E-state index in [0.717, 1.165) is 11.8 Å². The number of hydrogen-bond acceptors (Lipinski definition) is 6. The summed E-state index contributed by atoms with van der Waals surface area (Å²) in [5, 5.41) is 0. The van der Waals surface area contributed by atoms with Crippen molar-refractivity contribution in [3.63, 3.8) is 0 Å². The fourth-order valence-corrected chi connectivity index (χ4v) is 3.68. The summed E-state index contributed by atoms with van der Waals surface area (Å²) in [6.07, 6.45) is 1.16. The monoisotopic (exact) mass is 407 g/mol. The SMILES string of the molecule is CS(=O)(=O)Cc1ccc(C(=O)Oc2ccc3nc(-c4ccccc4)oc3c2)cc1. The van der Waals surface area contributed by atoms with Gasteiger partial charge >= 0.3 is 5.97 Å². The Balaban J connectivity index is 1.52. The number of oxazole rings is 1. The number of esters is 1. The van der Waals surface area contributed by atoms with E-state index >= 15 is 0 Å². The van der Waals surface area contributed by atoms with E-state index in [2.05, 4.69) is 4.98 Å². The molecule has 0 aliphatic carbocycles. The van der Waals surface area contributed by atoms with Gasteiger partial charge in [-0.25, -0.2) is 18.2 Å². The molecular formula is C22H17NO5S. The minimum atomic E-state index is -3.13. The molecule has 0 N–H and O–H groups in total. The maximum Gasteiger partial charge on any atom is 0.343 e. The van der Waals surface area contributed by atoms with E-state index in [1.54, 1.807) is 42.5 Å². The quantitative estimate of drug-likeness (QED) is 0.363. The molecule has 1 heterocycles. The van der Waals surface area contributed by atoms with Crippen molar-refractivity contribution in [1.82, 2.24) is 4.98 Å². The number of sulfone groups is 1. The van der Waals surface area contributed by atoms with Crippen molar-refractivity contribution in [1.29, 1.82) is 0 Å². The molecule has 0 spiro atoms. The molecule has 29 heavy (non-hydrogen) atoms. The fraction of sp³-hybridized carbons (Fsp3) is 0.0909. The van der Waals surface area contributed by atoms with Gasteiger partial charge in [-0.1, -0.05) is 30.3 Å². The van der Waals surface area contributed by atoms with E-state index in [9.17, 15) is 13.2 Å². The number of rotatable bonds is 5. The van der Waals surface area contributed by atoms with Crippen LogP contribution in [0, 0.1) is 0 Å². The van der Waals surface area contributed by atoms with Gasteiger partial charge in [0.1, 0.15) is 11.3 Å². The minimum absolute atomic E-state index is 0.0752. The number of ether oxygens (including phenoxy) is 1. The number of carbonyl (C=O) groups excluding carboxylic acids is 1. The first-order valence-electron chi connectivity index (χ1n) is 8.82. The second kappa shape index (κ2) is 7.52. The van der Waals surface area contributed by atoms with Crippen LogP contribution in [0.5, 0.6) is 5.75 Å². The molecule has 0 unspecified atom stereocenters. The third-order valence-corrected chi connectivity index (χ3v) is 5.07. The zero-order valence-corrected chi connectivity index (χ0v) is 16.3. The molecule has 4 rings (SSSR count). The van der Waals surface area contributed by atoms with Crippen molar-refractivity contribution < 1.29 is 22.4 Å². The van der Waals surface area contributed by atoms with Crippen LogP contribution in [0.2, 0.25) is 0 Å². The Morgan fingerprint density at radius 3 is 2.41 bits per heavy atom. The van der Waals surface area contributed by atoms with E-state index < -0.39 is 15.8 Å². The molecule has 0 amide bonds. The minimum Gasteiger partial charge on any atom is -0.436 e.